The Morgan fingerprint density at radius 3 is 2.79 bits per heavy atom. The lowest BCUT2D eigenvalue weighted by Crippen LogP contribution is -2.13. The van der Waals surface area contributed by atoms with Crippen molar-refractivity contribution in [2.75, 3.05) is 7.11 Å². The van der Waals surface area contributed by atoms with Crippen LogP contribution in [0.3, 0.4) is 0 Å². The Labute approximate surface area is 115 Å². The maximum atomic E-state index is 11.0. The summed E-state index contributed by atoms with van der Waals surface area (Å²) in [4.78, 5) is 15.2. The lowest BCUT2D eigenvalue weighted by molar-refractivity contribution is -0.355. The van der Waals surface area contributed by atoms with Gasteiger partial charge in [0.05, 0.1) is 12.5 Å². The second-order valence-corrected chi connectivity index (χ2v) is 5.71. The van der Waals surface area contributed by atoms with E-state index in [4.69, 9.17) is 9.84 Å². The number of hydrogen-bond donors (Lipinski definition) is 1. The fourth-order valence-electron chi connectivity index (χ4n) is 1.82. The molecule has 0 amide bonds. The van der Waals surface area contributed by atoms with Crippen molar-refractivity contribution in [2.24, 2.45) is 0 Å². The molecular formula is C14H16NO3S+. The Balaban J connectivity index is 2.53. The molecule has 0 saturated carbocycles. The van der Waals surface area contributed by atoms with Crippen molar-refractivity contribution < 1.29 is 19.6 Å². The van der Waals surface area contributed by atoms with E-state index in [0.29, 0.717) is 0 Å². The summed E-state index contributed by atoms with van der Waals surface area (Å²) >= 11 is 1.34. The molecule has 1 aromatic carbocycles. The van der Waals surface area contributed by atoms with Crippen LogP contribution in [0.1, 0.15) is 12.6 Å². The number of fused-ring (bicyclic) bond motifs is 1. The predicted octanol–water partition coefficient (Wildman–Crippen LogP) is 2.54. The number of carboxylic acid groups (broad SMARTS) is 1. The van der Waals surface area contributed by atoms with Crippen LogP contribution in [0.25, 0.3) is 10.9 Å². The molecule has 0 radical (unpaired) electrons. The van der Waals surface area contributed by atoms with Crippen LogP contribution >= 0.6 is 11.8 Å². The van der Waals surface area contributed by atoms with Gasteiger partial charge < -0.3 is 9.84 Å². The number of aliphatic carboxylic acids is 1. The van der Waals surface area contributed by atoms with Crippen molar-refractivity contribution in [1.29, 1.82) is 0 Å². The van der Waals surface area contributed by atoms with Crippen LogP contribution in [-0.2, 0) is 4.79 Å². The summed E-state index contributed by atoms with van der Waals surface area (Å²) in [5.74, 6) is -0.0545. The molecule has 2 aromatic rings. The monoisotopic (exact) mass is 278 g/mol. The van der Waals surface area contributed by atoms with Crippen molar-refractivity contribution in [3.63, 3.8) is 0 Å². The first-order valence-electron chi connectivity index (χ1n) is 5.91. The number of aromatic nitrogens is 1. The van der Waals surface area contributed by atoms with E-state index in [1.54, 1.807) is 14.0 Å². The topological polar surface area (TPSA) is 60.7 Å². The summed E-state index contributed by atoms with van der Waals surface area (Å²) < 4.78 is 5.22. The van der Waals surface area contributed by atoms with Crippen LogP contribution in [0.2, 0.25) is 0 Å². The van der Waals surface area contributed by atoms with E-state index in [1.165, 1.54) is 11.8 Å². The van der Waals surface area contributed by atoms with Gasteiger partial charge in [0.2, 0.25) is 5.52 Å². The lowest BCUT2D eigenvalue weighted by atomic mass is 10.2. The molecule has 1 unspecified atom stereocenters. The maximum Gasteiger partial charge on any atom is 0.316 e. The van der Waals surface area contributed by atoms with Gasteiger partial charge in [0.1, 0.15) is 11.0 Å². The molecule has 0 aliphatic heterocycles. The van der Waals surface area contributed by atoms with E-state index in [9.17, 15) is 4.79 Å². The van der Waals surface area contributed by atoms with Crippen LogP contribution in [0.15, 0.2) is 29.2 Å². The first-order chi connectivity index (χ1) is 9.01. The van der Waals surface area contributed by atoms with Crippen LogP contribution in [0.4, 0.5) is 0 Å². The van der Waals surface area contributed by atoms with Crippen LogP contribution in [-0.4, -0.2) is 23.4 Å². The van der Waals surface area contributed by atoms with Crippen LogP contribution in [0.5, 0.6) is 5.75 Å². The van der Waals surface area contributed by atoms with Crippen LogP contribution in [0, 0.1) is 6.92 Å². The molecule has 4 nitrogen and oxygen atoms in total. The molecule has 0 aliphatic rings. The molecule has 100 valence electrons. The number of aromatic amines is 1. The van der Waals surface area contributed by atoms with Crippen molar-refractivity contribution in [3.05, 3.63) is 30.0 Å². The summed E-state index contributed by atoms with van der Waals surface area (Å²) in [5, 5.41) is 9.52. The number of aryl methyl sites for hydroxylation is 1. The number of carboxylic acids is 1. The number of thioether (sulfide) groups is 1. The highest BCUT2D eigenvalue weighted by molar-refractivity contribution is 8.00. The number of rotatable bonds is 4. The second-order valence-electron chi connectivity index (χ2n) is 4.33. The quantitative estimate of drug-likeness (QED) is 0.873. The van der Waals surface area contributed by atoms with Gasteiger partial charge in [0, 0.05) is 24.0 Å². The molecule has 2 N–H and O–H groups in total. The molecule has 0 aliphatic carbocycles. The lowest BCUT2D eigenvalue weighted by Gasteiger charge is -2.08. The number of benzene rings is 1. The summed E-state index contributed by atoms with van der Waals surface area (Å²) in [6.07, 6.45) is 0. The summed E-state index contributed by atoms with van der Waals surface area (Å²) in [5.41, 5.74) is 1.97. The minimum Gasteiger partial charge on any atom is -0.497 e. The van der Waals surface area contributed by atoms with Crippen molar-refractivity contribution in [2.45, 2.75) is 24.0 Å². The van der Waals surface area contributed by atoms with E-state index in [-0.39, 0.29) is 0 Å². The highest BCUT2D eigenvalue weighted by Crippen LogP contribution is 2.31. The Bertz CT molecular complexity index is 627. The zero-order valence-electron chi connectivity index (χ0n) is 11.1. The maximum absolute atomic E-state index is 11.0. The number of pyridine rings is 1. The average Bonchev–Trinajstić information content (AvgIpc) is 2.38. The summed E-state index contributed by atoms with van der Waals surface area (Å²) in [6.45, 7) is 3.64. The second kappa shape index (κ2) is 5.48. The Kier molecular flexibility index (Phi) is 3.95. The number of carbonyl (C=O) groups is 1. The predicted molar refractivity (Wildman–Crippen MR) is 74.7 cm³/mol. The van der Waals surface area contributed by atoms with Crippen molar-refractivity contribution in [1.82, 2.24) is 0 Å². The van der Waals surface area contributed by atoms with Gasteiger partial charge in [-0.25, -0.2) is 4.98 Å². The Morgan fingerprint density at radius 2 is 2.16 bits per heavy atom. The third-order valence-corrected chi connectivity index (χ3v) is 3.97. The van der Waals surface area contributed by atoms with Gasteiger partial charge >= 0.3 is 5.97 Å². The zero-order valence-corrected chi connectivity index (χ0v) is 11.9. The fraction of sp³-hybridized carbons (Fsp3) is 0.286. The molecule has 0 bridgehead atoms. The Hall–Kier alpha value is -1.75. The van der Waals surface area contributed by atoms with Gasteiger partial charge in [0.15, 0.2) is 5.69 Å². The normalized spacial score (nSPS) is 12.4. The molecule has 19 heavy (non-hydrogen) atoms. The van der Waals surface area contributed by atoms with E-state index in [2.05, 4.69) is 4.98 Å². The smallest absolute Gasteiger partial charge is 0.316 e. The molecule has 2 rings (SSSR count). The summed E-state index contributed by atoms with van der Waals surface area (Å²) in [6, 6.07) is 7.71. The minimum absolute atomic E-state index is 0.490. The standard InChI is InChI=1S/C14H15NO3S/c1-8-6-13(19-9(2)14(16)17)11-7-10(18-3)4-5-12(11)15-8/h4-7,9H,1-3H3,(H,16,17)/p+1. The average molecular weight is 278 g/mol. The molecule has 1 atom stereocenters. The Morgan fingerprint density at radius 1 is 1.42 bits per heavy atom. The van der Waals surface area contributed by atoms with Gasteiger partial charge in [-0.3, -0.25) is 4.79 Å². The number of hydrogen-bond acceptors (Lipinski definition) is 3. The van der Waals surface area contributed by atoms with Gasteiger partial charge in [-0.2, -0.15) is 0 Å². The largest absolute Gasteiger partial charge is 0.497 e. The third-order valence-electron chi connectivity index (χ3n) is 2.82. The number of methoxy groups -OCH3 is 1. The molecule has 0 saturated heterocycles. The highest BCUT2D eigenvalue weighted by Gasteiger charge is 2.17. The highest BCUT2D eigenvalue weighted by atomic mass is 32.2. The summed E-state index contributed by atoms with van der Waals surface area (Å²) in [7, 11) is 1.62. The molecule has 0 fully saturated rings. The van der Waals surface area contributed by atoms with E-state index in [0.717, 1.165) is 27.2 Å². The van der Waals surface area contributed by atoms with Gasteiger partial charge in [0.25, 0.3) is 0 Å². The van der Waals surface area contributed by atoms with E-state index >= 15 is 0 Å². The van der Waals surface area contributed by atoms with Crippen LogP contribution < -0.4 is 9.72 Å². The third kappa shape index (κ3) is 2.98. The first kappa shape index (κ1) is 13.7. The van der Waals surface area contributed by atoms with E-state index < -0.39 is 11.2 Å². The number of H-pyrrole nitrogens is 1. The SMILES string of the molecule is COc1ccc2[nH+]c(C)cc(SC(C)C(=O)O)c2c1. The fourth-order valence-corrected chi connectivity index (χ4v) is 2.85. The minimum atomic E-state index is -0.813. The molecule has 5 heteroatoms. The van der Waals surface area contributed by atoms with Crippen molar-refractivity contribution >= 4 is 28.6 Å². The molecule has 0 spiro atoms. The zero-order chi connectivity index (χ0) is 14.0. The number of ether oxygens (including phenoxy) is 1. The van der Waals surface area contributed by atoms with E-state index in [1.807, 2.05) is 31.2 Å². The van der Waals surface area contributed by atoms with Gasteiger partial charge in [-0.1, -0.05) is 0 Å². The molecule has 1 aromatic heterocycles. The van der Waals surface area contributed by atoms with Gasteiger partial charge in [-0.05, 0) is 19.1 Å². The molecular weight excluding hydrogens is 262 g/mol. The number of nitrogens with one attached hydrogen (secondary N) is 1. The van der Waals surface area contributed by atoms with Crippen molar-refractivity contribution in [3.8, 4) is 5.75 Å². The molecule has 1 heterocycles. The van der Waals surface area contributed by atoms with Gasteiger partial charge in [-0.15, -0.1) is 11.8 Å². The first-order valence-corrected chi connectivity index (χ1v) is 6.79.